The summed E-state index contributed by atoms with van der Waals surface area (Å²) in [5, 5.41) is 7.28. The smallest absolute Gasteiger partial charge is 0.322 e. The second kappa shape index (κ2) is 9.96. The summed E-state index contributed by atoms with van der Waals surface area (Å²) in [6.07, 6.45) is 0. The summed E-state index contributed by atoms with van der Waals surface area (Å²) >= 11 is 0. The van der Waals surface area contributed by atoms with Gasteiger partial charge in [0.2, 0.25) is 5.82 Å². The van der Waals surface area contributed by atoms with Crippen LogP contribution in [0.2, 0.25) is 0 Å². The Morgan fingerprint density at radius 3 is 2.44 bits per heavy atom. The fourth-order valence-corrected chi connectivity index (χ4v) is 3.94. The number of ether oxygens (including phenoxy) is 3. The highest BCUT2D eigenvalue weighted by Crippen LogP contribution is 2.38. The molecule has 1 N–H and O–H groups in total. The van der Waals surface area contributed by atoms with Crippen molar-refractivity contribution in [3.63, 3.8) is 0 Å². The predicted octanol–water partition coefficient (Wildman–Crippen LogP) is 4.21. The van der Waals surface area contributed by atoms with E-state index < -0.39 is 6.04 Å². The molecule has 0 bridgehead atoms. The predicted molar refractivity (Wildman–Crippen MR) is 126 cm³/mol. The second-order valence-electron chi connectivity index (χ2n) is 7.93. The van der Waals surface area contributed by atoms with Crippen LogP contribution in [0.3, 0.4) is 0 Å². The number of carbonyl (C=O) groups excluding carboxylic acids is 1. The lowest BCUT2D eigenvalue weighted by atomic mass is 9.94. The first kappa shape index (κ1) is 23.3. The molecule has 3 aromatic rings. The Hall–Kier alpha value is -3.85. The number of aromatic nitrogens is 2. The number of carbonyl (C=O) groups is 1. The van der Waals surface area contributed by atoms with Crippen molar-refractivity contribution < 1.29 is 23.5 Å². The standard InChI is InChI=1S/C25H28N4O5/c1-15-6-8-17(9-7-15)22-21(16(2)29(12-13-31-3)25(30)26-22)24-27-23(28-34-24)18-10-11-19(32-4)20(14-18)33-5/h6-11,14,22H,12-13H2,1-5H3,(H,26,30). The number of urea groups is 1. The van der Waals surface area contributed by atoms with Crippen molar-refractivity contribution >= 4 is 11.6 Å². The van der Waals surface area contributed by atoms with Crippen molar-refractivity contribution in [2.75, 3.05) is 34.5 Å². The molecular weight excluding hydrogens is 436 g/mol. The van der Waals surface area contributed by atoms with Gasteiger partial charge in [0.1, 0.15) is 0 Å². The molecule has 4 rings (SSSR count). The number of nitrogens with zero attached hydrogens (tertiary/aromatic N) is 3. The van der Waals surface area contributed by atoms with Crippen LogP contribution in [0.25, 0.3) is 17.0 Å². The minimum Gasteiger partial charge on any atom is -0.493 e. The summed E-state index contributed by atoms with van der Waals surface area (Å²) in [6.45, 7) is 4.69. The highest BCUT2D eigenvalue weighted by atomic mass is 16.5. The van der Waals surface area contributed by atoms with Gasteiger partial charge in [-0.1, -0.05) is 35.0 Å². The summed E-state index contributed by atoms with van der Waals surface area (Å²) < 4.78 is 21.6. The fraction of sp³-hybridized carbons (Fsp3) is 0.320. The van der Waals surface area contributed by atoms with Gasteiger partial charge < -0.3 is 24.1 Å². The van der Waals surface area contributed by atoms with E-state index in [4.69, 9.17) is 18.7 Å². The van der Waals surface area contributed by atoms with Crippen LogP contribution in [-0.4, -0.2) is 55.6 Å². The summed E-state index contributed by atoms with van der Waals surface area (Å²) in [5.41, 5.74) is 4.23. The molecular formula is C25H28N4O5. The Morgan fingerprint density at radius 1 is 1.03 bits per heavy atom. The average molecular weight is 465 g/mol. The van der Waals surface area contributed by atoms with E-state index in [2.05, 4.69) is 15.5 Å². The monoisotopic (exact) mass is 464 g/mol. The van der Waals surface area contributed by atoms with Crippen molar-refractivity contribution in [1.82, 2.24) is 20.4 Å². The third-order valence-corrected chi connectivity index (χ3v) is 5.82. The molecule has 0 radical (unpaired) electrons. The van der Waals surface area contributed by atoms with Gasteiger partial charge >= 0.3 is 6.03 Å². The molecule has 2 heterocycles. The highest BCUT2D eigenvalue weighted by molar-refractivity contribution is 5.86. The van der Waals surface area contributed by atoms with E-state index in [1.165, 1.54) is 0 Å². The van der Waals surface area contributed by atoms with Gasteiger partial charge in [0.25, 0.3) is 5.89 Å². The molecule has 9 nitrogen and oxygen atoms in total. The first-order valence-electron chi connectivity index (χ1n) is 10.9. The lowest BCUT2D eigenvalue weighted by molar-refractivity contribution is 0.158. The van der Waals surface area contributed by atoms with Gasteiger partial charge in [-0.15, -0.1) is 0 Å². The molecule has 0 saturated heterocycles. The van der Waals surface area contributed by atoms with Crippen molar-refractivity contribution in [2.24, 2.45) is 0 Å². The van der Waals surface area contributed by atoms with Gasteiger partial charge in [-0.3, -0.25) is 4.90 Å². The molecule has 1 aliphatic heterocycles. The van der Waals surface area contributed by atoms with Crippen molar-refractivity contribution in [3.05, 3.63) is 65.2 Å². The number of benzene rings is 2. The number of hydrogen-bond donors (Lipinski definition) is 1. The van der Waals surface area contributed by atoms with Crippen LogP contribution < -0.4 is 14.8 Å². The van der Waals surface area contributed by atoms with E-state index >= 15 is 0 Å². The molecule has 1 aromatic heterocycles. The van der Waals surface area contributed by atoms with Crippen molar-refractivity contribution in [2.45, 2.75) is 19.9 Å². The van der Waals surface area contributed by atoms with Crippen LogP contribution >= 0.6 is 0 Å². The third-order valence-electron chi connectivity index (χ3n) is 5.82. The molecule has 0 fully saturated rings. The van der Waals surface area contributed by atoms with E-state index in [9.17, 15) is 4.79 Å². The maximum Gasteiger partial charge on any atom is 0.322 e. The molecule has 2 aromatic carbocycles. The molecule has 0 aliphatic carbocycles. The SMILES string of the molecule is COCCN1C(=O)NC(c2ccc(C)cc2)C(c2nc(-c3ccc(OC)c(OC)c3)no2)=C1C. The molecule has 1 aliphatic rings. The van der Waals surface area contributed by atoms with Crippen LogP contribution in [0.5, 0.6) is 11.5 Å². The Labute approximate surface area is 198 Å². The number of nitrogens with one attached hydrogen (secondary N) is 1. The molecule has 0 spiro atoms. The summed E-state index contributed by atoms with van der Waals surface area (Å²) in [7, 11) is 4.75. The Balaban J connectivity index is 1.78. The summed E-state index contributed by atoms with van der Waals surface area (Å²) in [5.74, 6) is 1.90. The molecule has 178 valence electrons. The van der Waals surface area contributed by atoms with Gasteiger partial charge in [-0.25, -0.2) is 4.79 Å². The van der Waals surface area contributed by atoms with Gasteiger partial charge in [-0.2, -0.15) is 4.98 Å². The van der Waals surface area contributed by atoms with Crippen molar-refractivity contribution in [3.8, 4) is 22.9 Å². The summed E-state index contributed by atoms with van der Waals surface area (Å²) in [4.78, 5) is 19.2. The Morgan fingerprint density at radius 2 is 1.76 bits per heavy atom. The fourth-order valence-electron chi connectivity index (χ4n) is 3.94. The number of hydrogen-bond acceptors (Lipinski definition) is 7. The van der Waals surface area contributed by atoms with Gasteiger partial charge in [-0.05, 0) is 37.6 Å². The van der Waals surface area contributed by atoms with Crippen LogP contribution in [0.1, 0.15) is 30.0 Å². The van der Waals surface area contributed by atoms with Crippen molar-refractivity contribution in [1.29, 1.82) is 0 Å². The number of amides is 2. The largest absolute Gasteiger partial charge is 0.493 e. The third kappa shape index (κ3) is 4.47. The van der Waals surface area contributed by atoms with E-state index in [0.717, 1.165) is 22.4 Å². The minimum absolute atomic E-state index is 0.205. The number of allylic oxidation sites excluding steroid dienone is 1. The van der Waals surface area contributed by atoms with E-state index in [1.807, 2.05) is 44.2 Å². The second-order valence-corrected chi connectivity index (χ2v) is 7.93. The van der Waals surface area contributed by atoms with E-state index in [1.54, 1.807) is 38.4 Å². The Bertz CT molecular complexity index is 1200. The first-order valence-corrected chi connectivity index (χ1v) is 10.9. The van der Waals surface area contributed by atoms with Crippen LogP contribution in [0.15, 0.2) is 52.7 Å². The van der Waals surface area contributed by atoms with Crippen LogP contribution in [0.4, 0.5) is 4.79 Å². The number of methoxy groups -OCH3 is 3. The Kier molecular flexibility index (Phi) is 6.83. The normalized spacial score (nSPS) is 16.0. The van der Waals surface area contributed by atoms with Crippen LogP contribution in [0, 0.1) is 6.92 Å². The minimum atomic E-state index is -0.439. The quantitative estimate of drug-likeness (QED) is 0.533. The topological polar surface area (TPSA) is 99.0 Å². The zero-order chi connectivity index (χ0) is 24.2. The number of aryl methyl sites for hydroxylation is 1. The zero-order valence-corrected chi connectivity index (χ0v) is 19.9. The molecule has 9 heteroatoms. The average Bonchev–Trinajstić information content (AvgIpc) is 3.33. The zero-order valence-electron chi connectivity index (χ0n) is 19.9. The molecule has 2 amide bonds. The first-order chi connectivity index (χ1) is 16.5. The van der Waals surface area contributed by atoms with E-state index in [0.29, 0.717) is 41.9 Å². The number of rotatable bonds is 8. The summed E-state index contributed by atoms with van der Waals surface area (Å²) in [6, 6.07) is 12.8. The molecule has 34 heavy (non-hydrogen) atoms. The van der Waals surface area contributed by atoms with Gasteiger partial charge in [0.05, 0.1) is 39.0 Å². The van der Waals surface area contributed by atoms with Gasteiger partial charge in [0, 0.05) is 18.4 Å². The maximum absolute atomic E-state index is 12.9. The maximum atomic E-state index is 12.9. The molecule has 1 unspecified atom stereocenters. The highest BCUT2D eigenvalue weighted by Gasteiger charge is 2.35. The van der Waals surface area contributed by atoms with Gasteiger partial charge in [0.15, 0.2) is 11.5 Å². The molecule has 0 saturated carbocycles. The van der Waals surface area contributed by atoms with E-state index in [-0.39, 0.29) is 6.03 Å². The molecule has 1 atom stereocenters. The lowest BCUT2D eigenvalue weighted by Gasteiger charge is -2.35. The lowest BCUT2D eigenvalue weighted by Crippen LogP contribution is -2.47. The van der Waals surface area contributed by atoms with Crippen LogP contribution in [-0.2, 0) is 4.74 Å².